The van der Waals surface area contributed by atoms with Crippen molar-refractivity contribution in [1.29, 1.82) is 0 Å². The van der Waals surface area contributed by atoms with Crippen molar-refractivity contribution in [1.82, 2.24) is 5.32 Å². The van der Waals surface area contributed by atoms with Crippen LogP contribution in [0, 0.1) is 0 Å². The highest BCUT2D eigenvalue weighted by Gasteiger charge is 2.27. The molecule has 0 bridgehead atoms. The summed E-state index contributed by atoms with van der Waals surface area (Å²) < 4.78 is 35.0. The number of nitrogens with two attached hydrogens (primary N) is 1. The second kappa shape index (κ2) is 4.90. The minimum absolute atomic E-state index is 0.0760. The van der Waals surface area contributed by atoms with Crippen LogP contribution in [0.4, 0.5) is 13.2 Å². The first kappa shape index (κ1) is 12.0. The molecular weight excluding hydrogens is 187 g/mol. The Kier molecular flexibility index (Phi) is 4.53. The SMILES string of the molecule is CC(CC(N)=NO)NCC(F)(F)F. The lowest BCUT2D eigenvalue weighted by Crippen LogP contribution is -2.37. The van der Waals surface area contributed by atoms with Gasteiger partial charge in [-0.1, -0.05) is 5.16 Å². The van der Waals surface area contributed by atoms with Crippen molar-refractivity contribution in [2.45, 2.75) is 25.6 Å². The van der Waals surface area contributed by atoms with Crippen LogP contribution in [0.2, 0.25) is 0 Å². The summed E-state index contributed by atoms with van der Waals surface area (Å²) in [5.74, 6) is -0.0952. The van der Waals surface area contributed by atoms with Crippen LogP contribution in [0.1, 0.15) is 13.3 Å². The van der Waals surface area contributed by atoms with E-state index in [0.29, 0.717) is 0 Å². The maximum Gasteiger partial charge on any atom is 0.401 e. The van der Waals surface area contributed by atoms with Gasteiger partial charge in [-0.2, -0.15) is 13.2 Å². The molecule has 4 nitrogen and oxygen atoms in total. The molecule has 78 valence electrons. The van der Waals surface area contributed by atoms with Gasteiger partial charge in [0.05, 0.1) is 6.54 Å². The van der Waals surface area contributed by atoms with Crippen molar-refractivity contribution >= 4 is 5.84 Å². The molecule has 0 fully saturated rings. The van der Waals surface area contributed by atoms with Crippen molar-refractivity contribution in [2.75, 3.05) is 6.54 Å². The van der Waals surface area contributed by atoms with E-state index in [-0.39, 0.29) is 12.3 Å². The molecule has 0 spiro atoms. The second-order valence-corrected chi connectivity index (χ2v) is 2.69. The maximum atomic E-state index is 11.7. The molecule has 0 saturated heterocycles. The lowest BCUT2D eigenvalue weighted by Gasteiger charge is -2.14. The van der Waals surface area contributed by atoms with Gasteiger partial charge in [-0.15, -0.1) is 0 Å². The number of hydrogen-bond acceptors (Lipinski definition) is 3. The third-order valence-electron chi connectivity index (χ3n) is 1.29. The zero-order valence-corrected chi connectivity index (χ0v) is 7.10. The van der Waals surface area contributed by atoms with E-state index in [0.717, 1.165) is 0 Å². The van der Waals surface area contributed by atoms with Crippen LogP contribution in [0.3, 0.4) is 0 Å². The van der Waals surface area contributed by atoms with E-state index in [4.69, 9.17) is 10.9 Å². The van der Waals surface area contributed by atoms with Gasteiger partial charge < -0.3 is 16.3 Å². The van der Waals surface area contributed by atoms with Gasteiger partial charge in [0.15, 0.2) is 0 Å². The molecule has 0 amide bonds. The molecule has 1 atom stereocenters. The molecule has 0 aliphatic heterocycles. The molecule has 0 saturated carbocycles. The van der Waals surface area contributed by atoms with E-state index < -0.39 is 18.8 Å². The fourth-order valence-corrected chi connectivity index (χ4v) is 0.717. The average molecular weight is 199 g/mol. The predicted octanol–water partition coefficient (Wildman–Crippen LogP) is 0.663. The highest BCUT2D eigenvalue weighted by molar-refractivity contribution is 5.80. The molecule has 0 aliphatic carbocycles. The second-order valence-electron chi connectivity index (χ2n) is 2.69. The molecule has 0 aromatic carbocycles. The standard InChI is InChI=1S/C6H12F3N3O/c1-4(2-5(10)12-13)11-3-6(7,8)9/h4,11,13H,2-3H2,1H3,(H2,10,12). The van der Waals surface area contributed by atoms with Crippen LogP contribution in [-0.4, -0.2) is 29.8 Å². The quantitative estimate of drug-likeness (QED) is 0.269. The number of rotatable bonds is 4. The molecule has 4 N–H and O–H groups in total. The number of halogens is 3. The fourth-order valence-electron chi connectivity index (χ4n) is 0.717. The Morgan fingerprint density at radius 1 is 1.62 bits per heavy atom. The van der Waals surface area contributed by atoms with E-state index in [2.05, 4.69) is 10.5 Å². The first-order valence-electron chi connectivity index (χ1n) is 3.61. The summed E-state index contributed by atoms with van der Waals surface area (Å²) in [5, 5.41) is 13.0. The molecule has 0 radical (unpaired) electrons. The largest absolute Gasteiger partial charge is 0.409 e. The third-order valence-corrected chi connectivity index (χ3v) is 1.29. The highest BCUT2D eigenvalue weighted by Crippen LogP contribution is 2.12. The monoisotopic (exact) mass is 199 g/mol. The Hall–Kier alpha value is -0.980. The van der Waals surface area contributed by atoms with Crippen LogP contribution < -0.4 is 11.1 Å². The highest BCUT2D eigenvalue weighted by atomic mass is 19.4. The summed E-state index contributed by atoms with van der Waals surface area (Å²) in [7, 11) is 0. The van der Waals surface area contributed by atoms with Crippen LogP contribution in [0.15, 0.2) is 5.16 Å². The zero-order valence-electron chi connectivity index (χ0n) is 7.10. The van der Waals surface area contributed by atoms with Gasteiger partial charge in [-0.05, 0) is 6.92 Å². The summed E-state index contributed by atoms with van der Waals surface area (Å²) in [4.78, 5) is 0. The normalized spacial score (nSPS) is 15.8. The number of alkyl halides is 3. The fraction of sp³-hybridized carbons (Fsp3) is 0.833. The summed E-state index contributed by atoms with van der Waals surface area (Å²) >= 11 is 0. The topological polar surface area (TPSA) is 70.6 Å². The van der Waals surface area contributed by atoms with E-state index in [9.17, 15) is 13.2 Å². The van der Waals surface area contributed by atoms with Crippen LogP contribution >= 0.6 is 0 Å². The van der Waals surface area contributed by atoms with Crippen molar-refractivity contribution in [2.24, 2.45) is 10.9 Å². The molecular formula is C6H12F3N3O. The zero-order chi connectivity index (χ0) is 10.5. The maximum absolute atomic E-state index is 11.7. The first-order chi connectivity index (χ1) is 5.85. The van der Waals surface area contributed by atoms with Crippen LogP contribution in [0.25, 0.3) is 0 Å². The average Bonchev–Trinajstić information content (AvgIpc) is 1.99. The number of hydrogen-bond donors (Lipinski definition) is 3. The van der Waals surface area contributed by atoms with Gasteiger partial charge in [0, 0.05) is 12.5 Å². The van der Waals surface area contributed by atoms with Gasteiger partial charge in [0.25, 0.3) is 0 Å². The van der Waals surface area contributed by atoms with Gasteiger partial charge in [-0.25, -0.2) is 0 Å². The Labute approximate surface area is 73.6 Å². The Morgan fingerprint density at radius 2 is 2.15 bits per heavy atom. The number of oxime groups is 1. The Bertz CT molecular complexity index is 180. The van der Waals surface area contributed by atoms with Crippen LogP contribution in [0.5, 0.6) is 0 Å². The number of nitrogens with zero attached hydrogens (tertiary/aromatic N) is 1. The smallest absolute Gasteiger partial charge is 0.401 e. The summed E-state index contributed by atoms with van der Waals surface area (Å²) in [6.45, 7) is 0.441. The van der Waals surface area contributed by atoms with Crippen molar-refractivity contribution in [3.63, 3.8) is 0 Å². The van der Waals surface area contributed by atoms with E-state index >= 15 is 0 Å². The molecule has 0 rings (SSSR count). The number of amidine groups is 1. The molecule has 0 heterocycles. The van der Waals surface area contributed by atoms with Crippen LogP contribution in [-0.2, 0) is 0 Å². The minimum atomic E-state index is -4.24. The van der Waals surface area contributed by atoms with E-state index in [1.165, 1.54) is 6.92 Å². The lowest BCUT2D eigenvalue weighted by molar-refractivity contribution is -0.125. The van der Waals surface area contributed by atoms with Crippen molar-refractivity contribution in [3.05, 3.63) is 0 Å². The Balaban J connectivity index is 3.70. The predicted molar refractivity (Wildman–Crippen MR) is 41.5 cm³/mol. The molecule has 1 unspecified atom stereocenters. The van der Waals surface area contributed by atoms with Gasteiger partial charge in [0.1, 0.15) is 5.84 Å². The minimum Gasteiger partial charge on any atom is -0.409 e. The Morgan fingerprint density at radius 3 is 2.54 bits per heavy atom. The summed E-state index contributed by atoms with van der Waals surface area (Å²) in [5.41, 5.74) is 5.09. The van der Waals surface area contributed by atoms with Crippen molar-refractivity contribution in [3.8, 4) is 0 Å². The molecule has 7 heteroatoms. The van der Waals surface area contributed by atoms with E-state index in [1.807, 2.05) is 0 Å². The van der Waals surface area contributed by atoms with Crippen molar-refractivity contribution < 1.29 is 18.4 Å². The lowest BCUT2D eigenvalue weighted by atomic mass is 10.2. The van der Waals surface area contributed by atoms with E-state index in [1.54, 1.807) is 0 Å². The molecule has 0 aliphatic rings. The third kappa shape index (κ3) is 7.38. The molecule has 0 aromatic rings. The van der Waals surface area contributed by atoms with Gasteiger partial charge >= 0.3 is 6.18 Å². The molecule has 0 aromatic heterocycles. The first-order valence-corrected chi connectivity index (χ1v) is 3.61. The summed E-state index contributed by atoms with van der Waals surface area (Å²) in [6.07, 6.45) is -4.16. The number of nitrogens with one attached hydrogen (secondary N) is 1. The van der Waals surface area contributed by atoms with Gasteiger partial charge in [-0.3, -0.25) is 0 Å². The van der Waals surface area contributed by atoms with Gasteiger partial charge in [0.2, 0.25) is 0 Å². The summed E-state index contributed by atoms with van der Waals surface area (Å²) in [6, 6.07) is -0.475. The molecule has 13 heavy (non-hydrogen) atoms.